The molecule has 4 rings (SSSR count). The van der Waals surface area contributed by atoms with Gasteiger partial charge in [-0.2, -0.15) is 0 Å². The minimum Gasteiger partial charge on any atom is -0.465 e. The molecule has 1 aromatic carbocycles. The van der Waals surface area contributed by atoms with E-state index in [0.29, 0.717) is 5.82 Å². The van der Waals surface area contributed by atoms with E-state index in [2.05, 4.69) is 14.6 Å². The van der Waals surface area contributed by atoms with Gasteiger partial charge in [0.1, 0.15) is 0 Å². The molecule has 0 bridgehead atoms. The summed E-state index contributed by atoms with van der Waals surface area (Å²) in [7, 11) is -2.54. The van der Waals surface area contributed by atoms with Crippen LogP contribution < -0.4 is 10.4 Å². The molecule has 0 aliphatic heterocycles. The summed E-state index contributed by atoms with van der Waals surface area (Å²) in [6.45, 7) is 0.114. The van der Waals surface area contributed by atoms with Gasteiger partial charge in [-0.15, -0.1) is 16.4 Å². The molecule has 9 nitrogen and oxygen atoms in total. The zero-order valence-corrected chi connectivity index (χ0v) is 17.8. The highest BCUT2D eigenvalue weighted by molar-refractivity contribution is 7.89. The van der Waals surface area contributed by atoms with E-state index in [1.54, 1.807) is 4.57 Å². The number of sulfonamides is 1. The first-order chi connectivity index (χ1) is 14.4. The number of methoxy groups -OCH3 is 1. The third-order valence-electron chi connectivity index (χ3n) is 4.73. The van der Waals surface area contributed by atoms with Gasteiger partial charge in [0, 0.05) is 12.6 Å². The lowest BCUT2D eigenvalue weighted by Gasteiger charge is -2.07. The van der Waals surface area contributed by atoms with Crippen LogP contribution in [0.3, 0.4) is 0 Å². The number of rotatable bonds is 8. The lowest BCUT2D eigenvalue weighted by molar-refractivity contribution is 0.0600. The van der Waals surface area contributed by atoms with Crippen molar-refractivity contribution in [3.63, 3.8) is 0 Å². The number of carbonyl (C=O) groups is 1. The Kier molecular flexibility index (Phi) is 5.58. The predicted molar refractivity (Wildman–Crippen MR) is 111 cm³/mol. The van der Waals surface area contributed by atoms with Crippen LogP contribution in [0.1, 0.15) is 29.2 Å². The monoisotopic (exact) mass is 448 g/mol. The Hall–Kier alpha value is -2.76. The second kappa shape index (κ2) is 8.17. The van der Waals surface area contributed by atoms with Crippen molar-refractivity contribution >= 4 is 27.3 Å². The van der Waals surface area contributed by atoms with E-state index in [0.717, 1.165) is 17.7 Å². The van der Waals surface area contributed by atoms with Crippen LogP contribution in [-0.4, -0.2) is 42.4 Å². The zero-order chi connectivity index (χ0) is 21.3. The number of carbonyl (C=O) groups excluding carboxylic acids is 1. The van der Waals surface area contributed by atoms with E-state index in [1.807, 2.05) is 17.5 Å². The summed E-state index contributed by atoms with van der Waals surface area (Å²) in [5.41, 5.74) is 0.0252. The van der Waals surface area contributed by atoms with E-state index in [1.165, 1.54) is 47.4 Å². The minimum absolute atomic E-state index is 0.00650. The average Bonchev–Trinajstić information content (AvgIpc) is 3.32. The molecule has 0 unspecified atom stereocenters. The molecular formula is C19H20N4O5S2. The van der Waals surface area contributed by atoms with Gasteiger partial charge in [0.2, 0.25) is 10.0 Å². The van der Waals surface area contributed by atoms with Gasteiger partial charge in [0.25, 0.3) is 0 Å². The highest BCUT2D eigenvalue weighted by Gasteiger charge is 2.30. The van der Waals surface area contributed by atoms with Gasteiger partial charge in [-0.25, -0.2) is 27.4 Å². The Labute approximate surface area is 177 Å². The molecule has 0 amide bonds. The molecule has 1 aliphatic carbocycles. The molecule has 0 atom stereocenters. The van der Waals surface area contributed by atoms with Crippen molar-refractivity contribution in [3.05, 3.63) is 57.8 Å². The number of benzene rings is 1. The lowest BCUT2D eigenvalue weighted by Crippen LogP contribution is -2.32. The third kappa shape index (κ3) is 4.09. The SMILES string of the molecule is COC(=O)c1ccc(S(=O)(=O)NCCn2nc(-c3cccs3)n(C3CC3)c2=O)cc1. The number of nitrogens with one attached hydrogen (secondary N) is 1. The van der Waals surface area contributed by atoms with Gasteiger partial charge in [0.15, 0.2) is 5.82 Å². The summed E-state index contributed by atoms with van der Waals surface area (Å²) < 4.78 is 35.1. The predicted octanol–water partition coefficient (Wildman–Crippen LogP) is 1.87. The maximum Gasteiger partial charge on any atom is 0.346 e. The van der Waals surface area contributed by atoms with Gasteiger partial charge < -0.3 is 4.74 Å². The van der Waals surface area contributed by atoms with E-state index >= 15 is 0 Å². The fourth-order valence-electron chi connectivity index (χ4n) is 3.06. The van der Waals surface area contributed by atoms with Gasteiger partial charge >= 0.3 is 11.7 Å². The van der Waals surface area contributed by atoms with E-state index in [9.17, 15) is 18.0 Å². The number of hydrogen-bond donors (Lipinski definition) is 1. The Morgan fingerprint density at radius 3 is 2.60 bits per heavy atom. The van der Waals surface area contributed by atoms with Crippen LogP contribution in [0.4, 0.5) is 0 Å². The molecule has 11 heteroatoms. The molecule has 2 heterocycles. The molecule has 2 aromatic heterocycles. The summed E-state index contributed by atoms with van der Waals surface area (Å²) in [5.74, 6) is 0.0813. The average molecular weight is 449 g/mol. The standard InChI is InChI=1S/C19H20N4O5S2/c1-28-18(24)13-4-8-15(9-5-13)30(26,27)20-10-11-22-19(25)23(14-6-7-14)17(21-22)16-3-2-12-29-16/h2-5,8-9,12,14,20H,6-7,10-11H2,1H3. The Morgan fingerprint density at radius 2 is 2.00 bits per heavy atom. The molecule has 3 aromatic rings. The molecule has 0 spiro atoms. The number of esters is 1. The minimum atomic E-state index is -3.79. The molecule has 158 valence electrons. The number of thiophene rings is 1. The second-order valence-electron chi connectivity index (χ2n) is 6.82. The van der Waals surface area contributed by atoms with Crippen molar-refractivity contribution in [1.29, 1.82) is 0 Å². The first-order valence-corrected chi connectivity index (χ1v) is 11.7. The second-order valence-corrected chi connectivity index (χ2v) is 9.54. The topological polar surface area (TPSA) is 112 Å². The van der Waals surface area contributed by atoms with Crippen molar-refractivity contribution in [2.75, 3.05) is 13.7 Å². The van der Waals surface area contributed by atoms with Crippen LogP contribution in [0.15, 0.2) is 51.5 Å². The lowest BCUT2D eigenvalue weighted by atomic mass is 10.2. The maximum atomic E-state index is 12.8. The third-order valence-corrected chi connectivity index (χ3v) is 7.07. The van der Waals surface area contributed by atoms with Crippen molar-refractivity contribution in [2.45, 2.75) is 30.3 Å². The molecular weight excluding hydrogens is 428 g/mol. The number of aromatic nitrogens is 3. The van der Waals surface area contributed by atoms with Gasteiger partial charge in [-0.1, -0.05) is 6.07 Å². The molecule has 1 aliphatic rings. The van der Waals surface area contributed by atoms with Crippen LogP contribution >= 0.6 is 11.3 Å². The van der Waals surface area contributed by atoms with E-state index < -0.39 is 16.0 Å². The van der Waals surface area contributed by atoms with E-state index in [-0.39, 0.29) is 35.3 Å². The van der Waals surface area contributed by atoms with Crippen molar-refractivity contribution < 1.29 is 17.9 Å². The number of ether oxygens (including phenoxy) is 1. The molecule has 1 saturated carbocycles. The van der Waals surface area contributed by atoms with Gasteiger partial charge in [0.05, 0.1) is 29.0 Å². The fraction of sp³-hybridized carbons (Fsp3) is 0.316. The molecule has 1 fully saturated rings. The van der Waals surface area contributed by atoms with Crippen molar-refractivity contribution in [3.8, 4) is 10.7 Å². The summed E-state index contributed by atoms with van der Waals surface area (Å²) in [4.78, 5) is 25.2. The number of nitrogens with zero attached hydrogens (tertiary/aromatic N) is 3. The number of hydrogen-bond acceptors (Lipinski definition) is 7. The summed E-state index contributed by atoms with van der Waals surface area (Å²) in [6, 6.07) is 9.41. The summed E-state index contributed by atoms with van der Waals surface area (Å²) in [6.07, 6.45) is 1.89. The van der Waals surface area contributed by atoms with Crippen LogP contribution in [0.5, 0.6) is 0 Å². The quantitative estimate of drug-likeness (QED) is 0.527. The fourth-order valence-corrected chi connectivity index (χ4v) is 4.79. The maximum absolute atomic E-state index is 12.8. The first-order valence-electron chi connectivity index (χ1n) is 9.32. The van der Waals surface area contributed by atoms with Gasteiger partial charge in [-0.3, -0.25) is 4.57 Å². The first kappa shape index (κ1) is 20.5. The molecule has 30 heavy (non-hydrogen) atoms. The highest BCUT2D eigenvalue weighted by atomic mass is 32.2. The molecule has 1 N–H and O–H groups in total. The zero-order valence-electron chi connectivity index (χ0n) is 16.1. The summed E-state index contributed by atoms with van der Waals surface area (Å²) in [5, 5.41) is 6.36. The van der Waals surface area contributed by atoms with Crippen molar-refractivity contribution in [1.82, 2.24) is 19.1 Å². The largest absolute Gasteiger partial charge is 0.465 e. The molecule has 0 saturated heterocycles. The van der Waals surface area contributed by atoms with Crippen LogP contribution in [0.25, 0.3) is 10.7 Å². The van der Waals surface area contributed by atoms with Crippen LogP contribution in [0, 0.1) is 0 Å². The Morgan fingerprint density at radius 1 is 1.27 bits per heavy atom. The smallest absolute Gasteiger partial charge is 0.346 e. The van der Waals surface area contributed by atoms with Crippen LogP contribution in [-0.2, 0) is 21.3 Å². The van der Waals surface area contributed by atoms with Gasteiger partial charge in [-0.05, 0) is 48.6 Å². The normalized spacial score (nSPS) is 14.0. The Balaban J connectivity index is 1.47. The molecule has 0 radical (unpaired) electrons. The Bertz CT molecular complexity index is 1210. The highest BCUT2D eigenvalue weighted by Crippen LogP contribution is 2.37. The van der Waals surface area contributed by atoms with Crippen LogP contribution in [0.2, 0.25) is 0 Å². The van der Waals surface area contributed by atoms with Crippen molar-refractivity contribution in [2.24, 2.45) is 0 Å². The summed E-state index contributed by atoms with van der Waals surface area (Å²) >= 11 is 1.51. The van der Waals surface area contributed by atoms with E-state index in [4.69, 9.17) is 0 Å².